The minimum Gasteiger partial charge on any atom is -0.458 e. The van der Waals surface area contributed by atoms with Gasteiger partial charge in [-0.25, -0.2) is 4.79 Å². The summed E-state index contributed by atoms with van der Waals surface area (Å²) in [6, 6.07) is 9.50. The number of hydrogen-bond donors (Lipinski definition) is 0. The van der Waals surface area contributed by atoms with Gasteiger partial charge in [-0.15, -0.1) is 0 Å². The number of ether oxygens (including phenoxy) is 3. The third-order valence-corrected chi connectivity index (χ3v) is 10.2. The summed E-state index contributed by atoms with van der Waals surface area (Å²) in [5.41, 5.74) is 1.25. The first kappa shape index (κ1) is 22.4. The maximum atomic E-state index is 12.8. The molecule has 0 radical (unpaired) electrons. The summed E-state index contributed by atoms with van der Waals surface area (Å²) in [4.78, 5) is 12.8. The molecule has 32 heavy (non-hydrogen) atoms. The maximum Gasteiger partial charge on any atom is 0.338 e. The molecule has 4 fully saturated rings. The van der Waals surface area contributed by atoms with Gasteiger partial charge in [0.1, 0.15) is 12.9 Å². The lowest BCUT2D eigenvalue weighted by Crippen LogP contribution is -2.54. The second-order valence-corrected chi connectivity index (χ2v) is 11.5. The van der Waals surface area contributed by atoms with Gasteiger partial charge in [0.25, 0.3) is 0 Å². The third kappa shape index (κ3) is 3.72. The fourth-order valence-electron chi connectivity index (χ4n) is 8.45. The van der Waals surface area contributed by atoms with Gasteiger partial charge in [-0.05, 0) is 99.0 Å². The highest BCUT2D eigenvalue weighted by molar-refractivity contribution is 5.89. The molecule has 0 spiro atoms. The summed E-state index contributed by atoms with van der Waals surface area (Å²) in [7, 11) is 1.71. The first-order valence-corrected chi connectivity index (χ1v) is 12.8. The van der Waals surface area contributed by atoms with Crippen LogP contribution in [0.3, 0.4) is 0 Å². The molecule has 0 heterocycles. The molecule has 3 unspecified atom stereocenters. The first-order chi connectivity index (χ1) is 15.5. The van der Waals surface area contributed by atoms with Crippen LogP contribution in [0.2, 0.25) is 0 Å². The quantitative estimate of drug-likeness (QED) is 0.401. The Morgan fingerprint density at radius 2 is 1.69 bits per heavy atom. The standard InChI is InChI=1S/C28H40O4/c1-27-15-13-21(31-18-30-3)17-20(27)9-10-22-23-11-12-25(28(23,2)16-14-24(22)27)32-26(29)19-7-5-4-6-8-19/h4-8,20-25H,9-18H2,1-3H3/t20?,21?,22-,23-,24+,25?,27-,28-/m0/s1. The molecule has 4 nitrogen and oxygen atoms in total. The average molecular weight is 441 g/mol. The molecule has 0 saturated heterocycles. The van der Waals surface area contributed by atoms with Crippen molar-refractivity contribution >= 4 is 5.97 Å². The molecule has 0 aromatic heterocycles. The Labute approximate surface area is 193 Å². The SMILES string of the molecule is COCOC1CC[C@@]2(C)C(CC[C@@H]3[C@H]2CC[C@]2(C)C(OC(=O)c4ccccc4)CC[C@@H]32)C1. The van der Waals surface area contributed by atoms with Crippen LogP contribution in [0.1, 0.15) is 82.0 Å². The number of hydrogen-bond acceptors (Lipinski definition) is 4. The largest absolute Gasteiger partial charge is 0.458 e. The summed E-state index contributed by atoms with van der Waals surface area (Å²) in [6.45, 7) is 5.43. The molecule has 0 amide bonds. The molecule has 4 saturated carbocycles. The number of benzene rings is 1. The Morgan fingerprint density at radius 3 is 2.47 bits per heavy atom. The molecule has 176 valence electrons. The van der Waals surface area contributed by atoms with Gasteiger partial charge in [-0.3, -0.25) is 0 Å². The zero-order valence-electron chi connectivity index (χ0n) is 20.1. The fourth-order valence-corrected chi connectivity index (χ4v) is 8.45. The predicted molar refractivity (Wildman–Crippen MR) is 124 cm³/mol. The lowest BCUT2D eigenvalue weighted by atomic mass is 9.45. The van der Waals surface area contributed by atoms with Crippen molar-refractivity contribution in [3.8, 4) is 0 Å². The van der Waals surface area contributed by atoms with E-state index in [-0.39, 0.29) is 17.5 Å². The van der Waals surface area contributed by atoms with E-state index in [0.29, 0.717) is 29.8 Å². The molecule has 4 heteroatoms. The van der Waals surface area contributed by atoms with Crippen molar-refractivity contribution in [2.24, 2.45) is 34.5 Å². The zero-order valence-corrected chi connectivity index (χ0v) is 20.1. The second kappa shape index (κ2) is 8.76. The van der Waals surface area contributed by atoms with Crippen LogP contribution in [-0.2, 0) is 14.2 Å². The number of fused-ring (bicyclic) bond motifs is 5. The Balaban J connectivity index is 1.28. The molecular weight excluding hydrogens is 400 g/mol. The van der Waals surface area contributed by atoms with Gasteiger partial charge in [0.15, 0.2) is 0 Å². The van der Waals surface area contributed by atoms with Crippen molar-refractivity contribution in [3.05, 3.63) is 35.9 Å². The van der Waals surface area contributed by atoms with Crippen molar-refractivity contribution in [2.45, 2.75) is 83.8 Å². The van der Waals surface area contributed by atoms with Crippen LogP contribution < -0.4 is 0 Å². The van der Waals surface area contributed by atoms with Crippen LogP contribution in [0, 0.1) is 34.5 Å². The lowest BCUT2D eigenvalue weighted by molar-refractivity contribution is -0.156. The predicted octanol–water partition coefficient (Wildman–Crippen LogP) is 6.24. The maximum absolute atomic E-state index is 12.8. The number of carbonyl (C=O) groups excluding carboxylic acids is 1. The zero-order chi connectivity index (χ0) is 22.3. The highest BCUT2D eigenvalue weighted by atomic mass is 16.7. The third-order valence-electron chi connectivity index (χ3n) is 10.2. The van der Waals surface area contributed by atoms with Crippen molar-refractivity contribution in [1.82, 2.24) is 0 Å². The van der Waals surface area contributed by atoms with Crippen molar-refractivity contribution in [3.63, 3.8) is 0 Å². The van der Waals surface area contributed by atoms with Gasteiger partial charge in [-0.2, -0.15) is 0 Å². The molecule has 0 aliphatic heterocycles. The van der Waals surface area contributed by atoms with E-state index in [1.54, 1.807) is 7.11 Å². The van der Waals surface area contributed by atoms with Crippen molar-refractivity contribution < 1.29 is 19.0 Å². The van der Waals surface area contributed by atoms with E-state index >= 15 is 0 Å². The van der Waals surface area contributed by atoms with Crippen LogP contribution in [0.5, 0.6) is 0 Å². The van der Waals surface area contributed by atoms with Crippen LogP contribution in [0.15, 0.2) is 30.3 Å². The molecule has 8 atom stereocenters. The van der Waals surface area contributed by atoms with E-state index in [4.69, 9.17) is 14.2 Å². The monoisotopic (exact) mass is 440 g/mol. The van der Waals surface area contributed by atoms with Crippen LogP contribution in [-0.4, -0.2) is 32.1 Å². The van der Waals surface area contributed by atoms with E-state index in [1.807, 2.05) is 30.3 Å². The summed E-state index contributed by atoms with van der Waals surface area (Å²) in [5, 5.41) is 0. The molecule has 5 rings (SSSR count). The van der Waals surface area contributed by atoms with E-state index in [1.165, 1.54) is 51.4 Å². The highest BCUT2D eigenvalue weighted by Crippen LogP contribution is 2.66. The Morgan fingerprint density at radius 1 is 0.938 bits per heavy atom. The molecule has 4 aliphatic carbocycles. The molecule has 1 aromatic carbocycles. The van der Waals surface area contributed by atoms with Gasteiger partial charge in [0.2, 0.25) is 0 Å². The van der Waals surface area contributed by atoms with Crippen molar-refractivity contribution in [1.29, 1.82) is 0 Å². The average Bonchev–Trinajstić information content (AvgIpc) is 3.14. The summed E-state index contributed by atoms with van der Waals surface area (Å²) in [5.74, 6) is 2.91. The Bertz CT molecular complexity index is 809. The second-order valence-electron chi connectivity index (χ2n) is 11.5. The number of carbonyl (C=O) groups is 1. The van der Waals surface area contributed by atoms with Crippen LogP contribution in [0.4, 0.5) is 0 Å². The fraction of sp³-hybridized carbons (Fsp3) is 0.750. The number of methoxy groups -OCH3 is 1. The van der Waals surface area contributed by atoms with Gasteiger partial charge in [0.05, 0.1) is 11.7 Å². The summed E-state index contributed by atoms with van der Waals surface area (Å²) < 4.78 is 17.3. The highest BCUT2D eigenvalue weighted by Gasteiger charge is 2.61. The number of esters is 1. The topological polar surface area (TPSA) is 44.8 Å². The van der Waals surface area contributed by atoms with E-state index < -0.39 is 0 Å². The Hall–Kier alpha value is -1.39. The summed E-state index contributed by atoms with van der Waals surface area (Å²) in [6.07, 6.45) is 11.4. The van der Waals surface area contributed by atoms with Crippen LogP contribution in [0.25, 0.3) is 0 Å². The van der Waals surface area contributed by atoms with Crippen molar-refractivity contribution in [2.75, 3.05) is 13.9 Å². The van der Waals surface area contributed by atoms with E-state index in [0.717, 1.165) is 24.2 Å². The summed E-state index contributed by atoms with van der Waals surface area (Å²) >= 11 is 0. The lowest BCUT2D eigenvalue weighted by Gasteiger charge is -2.60. The smallest absolute Gasteiger partial charge is 0.338 e. The van der Waals surface area contributed by atoms with Gasteiger partial charge in [-0.1, -0.05) is 32.0 Å². The molecule has 1 aromatic rings. The van der Waals surface area contributed by atoms with Gasteiger partial charge < -0.3 is 14.2 Å². The molecule has 4 aliphatic rings. The van der Waals surface area contributed by atoms with E-state index in [2.05, 4.69) is 13.8 Å². The minimum absolute atomic E-state index is 0.0601. The van der Waals surface area contributed by atoms with Crippen LogP contribution >= 0.6 is 0 Å². The minimum atomic E-state index is -0.148. The molecule has 0 N–H and O–H groups in total. The normalized spacial score (nSPS) is 43.1. The number of rotatable bonds is 5. The Kier molecular flexibility index (Phi) is 6.13. The van der Waals surface area contributed by atoms with Gasteiger partial charge >= 0.3 is 5.97 Å². The van der Waals surface area contributed by atoms with Gasteiger partial charge in [0, 0.05) is 12.5 Å². The first-order valence-electron chi connectivity index (χ1n) is 12.8. The molecular formula is C28H40O4. The molecule has 0 bridgehead atoms. The van der Waals surface area contributed by atoms with E-state index in [9.17, 15) is 4.79 Å².